The average molecular weight is 385 g/mol. The van der Waals surface area contributed by atoms with Crippen LogP contribution < -0.4 is 4.90 Å². The number of aromatic nitrogens is 2. The number of benzene rings is 1. The highest BCUT2D eigenvalue weighted by atomic mass is 16.2. The molecule has 0 atom stereocenters. The molecule has 5 nitrogen and oxygen atoms in total. The molecule has 1 aliphatic heterocycles. The second-order valence-electron chi connectivity index (χ2n) is 7.54. The van der Waals surface area contributed by atoms with Gasteiger partial charge in [-0.3, -0.25) is 19.6 Å². The number of rotatable bonds is 5. The molecule has 1 aromatic carbocycles. The van der Waals surface area contributed by atoms with Gasteiger partial charge >= 0.3 is 0 Å². The van der Waals surface area contributed by atoms with Crippen LogP contribution in [0.4, 0.5) is 5.69 Å². The summed E-state index contributed by atoms with van der Waals surface area (Å²) in [6.07, 6.45) is 5.50. The number of Topliss-reactive ketones (excluding diaryl/α,β-unsaturated/α-hetero) is 1. The standard InChI is InChI=1S/C24H23N3O2/c1-16-4-3-5-21(26-16)13-22(28)11-17-10-20(15-25-14-17)18-6-8-23-19(12-18)7-9-24(29)27(23)2/h3-6,8,10,12,14-15H,7,9,11,13H2,1-2H3. The zero-order chi connectivity index (χ0) is 20.4. The first-order valence-corrected chi connectivity index (χ1v) is 9.77. The molecule has 5 heteroatoms. The van der Waals surface area contributed by atoms with Gasteiger partial charge in [-0.15, -0.1) is 0 Å². The highest BCUT2D eigenvalue weighted by Gasteiger charge is 2.21. The monoisotopic (exact) mass is 385 g/mol. The van der Waals surface area contributed by atoms with Gasteiger partial charge in [0.05, 0.1) is 0 Å². The van der Waals surface area contributed by atoms with Crippen molar-refractivity contribution >= 4 is 17.4 Å². The molecule has 1 aliphatic rings. The van der Waals surface area contributed by atoms with Gasteiger partial charge in [-0.2, -0.15) is 0 Å². The molecule has 0 bridgehead atoms. The van der Waals surface area contributed by atoms with Crippen molar-refractivity contribution in [3.05, 3.63) is 77.4 Å². The van der Waals surface area contributed by atoms with Crippen LogP contribution in [0.5, 0.6) is 0 Å². The van der Waals surface area contributed by atoms with Crippen LogP contribution >= 0.6 is 0 Å². The molecular formula is C24H23N3O2. The third-order valence-corrected chi connectivity index (χ3v) is 5.28. The number of ketones is 1. The van der Waals surface area contributed by atoms with Crippen molar-refractivity contribution < 1.29 is 9.59 Å². The first kappa shape index (κ1) is 19.0. The van der Waals surface area contributed by atoms with Crippen molar-refractivity contribution in [1.82, 2.24) is 9.97 Å². The quantitative estimate of drug-likeness (QED) is 0.672. The molecule has 0 saturated heterocycles. The third kappa shape index (κ3) is 4.24. The molecule has 3 aromatic rings. The summed E-state index contributed by atoms with van der Waals surface area (Å²) < 4.78 is 0. The van der Waals surface area contributed by atoms with Gasteiger partial charge < -0.3 is 4.90 Å². The number of hydrogen-bond donors (Lipinski definition) is 0. The lowest BCUT2D eigenvalue weighted by Gasteiger charge is -2.26. The van der Waals surface area contributed by atoms with Crippen LogP contribution in [0, 0.1) is 6.92 Å². The number of pyridine rings is 2. The Kier molecular flexibility index (Phi) is 5.21. The van der Waals surface area contributed by atoms with Crippen molar-refractivity contribution in [2.24, 2.45) is 0 Å². The van der Waals surface area contributed by atoms with E-state index in [2.05, 4.69) is 16.0 Å². The van der Waals surface area contributed by atoms with Crippen molar-refractivity contribution in [2.75, 3.05) is 11.9 Å². The maximum absolute atomic E-state index is 12.5. The summed E-state index contributed by atoms with van der Waals surface area (Å²) in [7, 11) is 1.82. The van der Waals surface area contributed by atoms with Crippen LogP contribution in [-0.4, -0.2) is 28.7 Å². The molecule has 29 heavy (non-hydrogen) atoms. The lowest BCUT2D eigenvalue weighted by atomic mass is 9.96. The summed E-state index contributed by atoms with van der Waals surface area (Å²) in [5.41, 5.74) is 6.77. The molecule has 1 amide bonds. The van der Waals surface area contributed by atoms with E-state index in [0.717, 1.165) is 45.7 Å². The number of nitrogens with zero attached hydrogens (tertiary/aromatic N) is 3. The molecule has 0 spiro atoms. The molecular weight excluding hydrogens is 362 g/mol. The topological polar surface area (TPSA) is 63.2 Å². The van der Waals surface area contributed by atoms with Crippen LogP contribution in [-0.2, 0) is 28.9 Å². The molecule has 0 aliphatic carbocycles. The van der Waals surface area contributed by atoms with Gasteiger partial charge in [0.25, 0.3) is 0 Å². The Balaban J connectivity index is 1.52. The van der Waals surface area contributed by atoms with Crippen molar-refractivity contribution in [2.45, 2.75) is 32.6 Å². The molecule has 0 unspecified atom stereocenters. The summed E-state index contributed by atoms with van der Waals surface area (Å²) in [6.45, 7) is 1.92. The van der Waals surface area contributed by atoms with Gasteiger partial charge in [0, 0.05) is 61.3 Å². The van der Waals surface area contributed by atoms with E-state index in [1.807, 2.05) is 56.6 Å². The van der Waals surface area contributed by atoms with Gasteiger partial charge in [0.2, 0.25) is 5.91 Å². The number of fused-ring (bicyclic) bond motifs is 1. The Hall–Kier alpha value is -3.34. The predicted molar refractivity (Wildman–Crippen MR) is 113 cm³/mol. The minimum Gasteiger partial charge on any atom is -0.315 e. The number of hydrogen-bond acceptors (Lipinski definition) is 4. The number of anilines is 1. The number of carbonyl (C=O) groups excluding carboxylic acids is 2. The van der Waals surface area contributed by atoms with Gasteiger partial charge in [-0.1, -0.05) is 12.1 Å². The zero-order valence-electron chi connectivity index (χ0n) is 16.7. The zero-order valence-corrected chi connectivity index (χ0v) is 16.7. The van der Waals surface area contributed by atoms with E-state index in [-0.39, 0.29) is 11.7 Å². The van der Waals surface area contributed by atoms with Gasteiger partial charge in [-0.25, -0.2) is 0 Å². The predicted octanol–water partition coefficient (Wildman–Crippen LogP) is 3.72. The molecule has 0 radical (unpaired) electrons. The van der Waals surface area contributed by atoms with Crippen LogP contribution in [0.1, 0.15) is 28.9 Å². The number of aryl methyl sites for hydroxylation is 2. The molecule has 146 valence electrons. The van der Waals surface area contributed by atoms with Crippen LogP contribution in [0.25, 0.3) is 11.1 Å². The fourth-order valence-electron chi connectivity index (χ4n) is 3.77. The van der Waals surface area contributed by atoms with Gasteiger partial charge in [0.15, 0.2) is 0 Å². The summed E-state index contributed by atoms with van der Waals surface area (Å²) in [6, 6.07) is 13.9. The van der Waals surface area contributed by atoms with E-state index in [9.17, 15) is 9.59 Å². The van der Waals surface area contributed by atoms with E-state index < -0.39 is 0 Å². The third-order valence-electron chi connectivity index (χ3n) is 5.28. The summed E-state index contributed by atoms with van der Waals surface area (Å²) >= 11 is 0. The number of carbonyl (C=O) groups is 2. The second kappa shape index (κ2) is 7.95. The summed E-state index contributed by atoms with van der Waals surface area (Å²) in [5.74, 6) is 0.267. The lowest BCUT2D eigenvalue weighted by Crippen LogP contribution is -2.30. The van der Waals surface area contributed by atoms with E-state index in [1.54, 1.807) is 11.1 Å². The Bertz CT molecular complexity index is 1090. The molecule has 3 heterocycles. The molecule has 2 aromatic heterocycles. The van der Waals surface area contributed by atoms with Crippen molar-refractivity contribution in [3.8, 4) is 11.1 Å². The normalized spacial score (nSPS) is 13.3. The minimum atomic E-state index is 0.118. The molecule has 4 rings (SSSR count). The SMILES string of the molecule is Cc1cccc(CC(=O)Cc2cncc(-c3ccc4c(c3)CCC(=O)N4C)c2)n1. The average Bonchev–Trinajstić information content (AvgIpc) is 2.71. The Morgan fingerprint density at radius 2 is 1.90 bits per heavy atom. The van der Waals surface area contributed by atoms with Crippen molar-refractivity contribution in [1.29, 1.82) is 0 Å². The Labute approximate surface area is 170 Å². The second-order valence-corrected chi connectivity index (χ2v) is 7.54. The highest BCUT2D eigenvalue weighted by Crippen LogP contribution is 2.31. The van der Waals surface area contributed by atoms with E-state index in [1.165, 1.54) is 0 Å². The van der Waals surface area contributed by atoms with Crippen LogP contribution in [0.3, 0.4) is 0 Å². The maximum atomic E-state index is 12.5. The first-order chi connectivity index (χ1) is 14.0. The summed E-state index contributed by atoms with van der Waals surface area (Å²) in [5, 5.41) is 0. The highest BCUT2D eigenvalue weighted by molar-refractivity contribution is 5.96. The number of amides is 1. The molecule has 0 saturated carbocycles. The smallest absolute Gasteiger partial charge is 0.227 e. The van der Waals surface area contributed by atoms with Gasteiger partial charge in [-0.05, 0) is 60.4 Å². The van der Waals surface area contributed by atoms with Crippen LogP contribution in [0.2, 0.25) is 0 Å². The first-order valence-electron chi connectivity index (χ1n) is 9.77. The Morgan fingerprint density at radius 1 is 1.03 bits per heavy atom. The maximum Gasteiger partial charge on any atom is 0.227 e. The fourth-order valence-corrected chi connectivity index (χ4v) is 3.77. The minimum absolute atomic E-state index is 0.118. The van der Waals surface area contributed by atoms with E-state index >= 15 is 0 Å². The van der Waals surface area contributed by atoms with E-state index in [0.29, 0.717) is 19.3 Å². The van der Waals surface area contributed by atoms with Crippen LogP contribution in [0.15, 0.2) is 54.9 Å². The fraction of sp³-hybridized carbons (Fsp3) is 0.250. The Morgan fingerprint density at radius 3 is 2.72 bits per heavy atom. The van der Waals surface area contributed by atoms with Crippen molar-refractivity contribution in [3.63, 3.8) is 0 Å². The largest absolute Gasteiger partial charge is 0.315 e. The molecule has 0 fully saturated rings. The molecule has 0 N–H and O–H groups in total. The van der Waals surface area contributed by atoms with E-state index in [4.69, 9.17) is 0 Å². The van der Waals surface area contributed by atoms with Gasteiger partial charge in [0.1, 0.15) is 5.78 Å². The lowest BCUT2D eigenvalue weighted by molar-refractivity contribution is -0.119. The summed E-state index contributed by atoms with van der Waals surface area (Å²) in [4.78, 5) is 34.8.